The first kappa shape index (κ1) is 12.2. The van der Waals surface area contributed by atoms with Crippen molar-refractivity contribution < 1.29 is 9.59 Å². The van der Waals surface area contributed by atoms with Crippen LogP contribution in [0.2, 0.25) is 10.0 Å². The monoisotopic (exact) mass is 273 g/mol. The largest absolute Gasteiger partial charge is 0.325 e. The Balaban J connectivity index is 2.03. The Morgan fingerprint density at radius 3 is 2.71 bits per heavy atom. The summed E-state index contributed by atoms with van der Waals surface area (Å²) in [4.78, 5) is 22.6. The molecular formula is C10H9Cl2N3O2. The average molecular weight is 274 g/mol. The zero-order valence-corrected chi connectivity index (χ0v) is 10.1. The normalized spacial score (nSPS) is 18.9. The summed E-state index contributed by atoms with van der Waals surface area (Å²) in [5.74, 6) is -0.513. The molecule has 0 bridgehead atoms. The maximum absolute atomic E-state index is 11.7. The molecule has 1 aromatic rings. The third-order valence-corrected chi connectivity index (χ3v) is 3.02. The number of anilines is 1. The predicted octanol–water partition coefficient (Wildman–Crippen LogP) is 1.32. The SMILES string of the molecule is O=C1CC(C(=O)Nc2ccc(Cl)c(Cl)c2)NN1. The fourth-order valence-electron chi connectivity index (χ4n) is 1.42. The Morgan fingerprint density at radius 1 is 1.35 bits per heavy atom. The summed E-state index contributed by atoms with van der Waals surface area (Å²) in [7, 11) is 0. The summed E-state index contributed by atoms with van der Waals surface area (Å²) in [6, 6.07) is 4.20. The number of hydrogen-bond acceptors (Lipinski definition) is 3. The summed E-state index contributed by atoms with van der Waals surface area (Å²) in [5.41, 5.74) is 5.47. The van der Waals surface area contributed by atoms with Crippen LogP contribution in [0.1, 0.15) is 6.42 Å². The number of hydrazine groups is 1. The lowest BCUT2D eigenvalue weighted by atomic mass is 10.2. The van der Waals surface area contributed by atoms with Gasteiger partial charge in [-0.05, 0) is 18.2 Å². The number of benzene rings is 1. The lowest BCUT2D eigenvalue weighted by Crippen LogP contribution is -2.39. The van der Waals surface area contributed by atoms with Crippen LogP contribution in [0.5, 0.6) is 0 Å². The van der Waals surface area contributed by atoms with Gasteiger partial charge in [-0.15, -0.1) is 0 Å². The molecule has 1 aliphatic heterocycles. The molecule has 3 N–H and O–H groups in total. The molecule has 5 nitrogen and oxygen atoms in total. The molecule has 17 heavy (non-hydrogen) atoms. The number of amides is 2. The standard InChI is InChI=1S/C10H9Cl2N3O2/c11-6-2-1-5(3-7(6)12)13-10(17)8-4-9(16)15-14-8/h1-3,8,14H,4H2,(H,13,17)(H,15,16). The van der Waals surface area contributed by atoms with Gasteiger partial charge in [0, 0.05) is 5.69 Å². The quantitative estimate of drug-likeness (QED) is 0.761. The van der Waals surface area contributed by atoms with Gasteiger partial charge in [-0.25, -0.2) is 5.43 Å². The zero-order chi connectivity index (χ0) is 12.4. The average Bonchev–Trinajstić information content (AvgIpc) is 2.70. The van der Waals surface area contributed by atoms with Gasteiger partial charge in [-0.1, -0.05) is 23.2 Å². The van der Waals surface area contributed by atoms with Crippen molar-refractivity contribution in [3.05, 3.63) is 28.2 Å². The summed E-state index contributed by atoms with van der Waals surface area (Å²) in [6.07, 6.45) is 0.118. The molecule has 0 aromatic heterocycles. The van der Waals surface area contributed by atoms with Crippen LogP contribution in [0.25, 0.3) is 0 Å². The molecule has 2 rings (SSSR count). The van der Waals surface area contributed by atoms with Crippen LogP contribution in [-0.2, 0) is 9.59 Å². The minimum atomic E-state index is -0.572. The molecule has 1 unspecified atom stereocenters. The number of hydrogen-bond donors (Lipinski definition) is 3. The highest BCUT2D eigenvalue weighted by Crippen LogP contribution is 2.25. The van der Waals surface area contributed by atoms with Crippen molar-refractivity contribution in [1.82, 2.24) is 10.9 Å². The fraction of sp³-hybridized carbons (Fsp3) is 0.200. The van der Waals surface area contributed by atoms with Crippen LogP contribution in [0.3, 0.4) is 0 Å². The second kappa shape index (κ2) is 4.91. The first-order chi connectivity index (χ1) is 8.06. The number of carbonyl (C=O) groups excluding carboxylic acids is 2. The summed E-state index contributed by atoms with van der Waals surface area (Å²) in [5, 5.41) is 3.41. The van der Waals surface area contributed by atoms with Crippen molar-refractivity contribution in [2.24, 2.45) is 0 Å². The van der Waals surface area contributed by atoms with Crippen molar-refractivity contribution in [3.8, 4) is 0 Å². The molecule has 1 saturated heterocycles. The Kier molecular flexibility index (Phi) is 3.51. The maximum Gasteiger partial charge on any atom is 0.243 e. The number of rotatable bonds is 2. The molecular weight excluding hydrogens is 265 g/mol. The van der Waals surface area contributed by atoms with E-state index in [1.165, 1.54) is 0 Å². The van der Waals surface area contributed by atoms with Gasteiger partial charge >= 0.3 is 0 Å². The van der Waals surface area contributed by atoms with E-state index in [9.17, 15) is 9.59 Å². The van der Waals surface area contributed by atoms with E-state index < -0.39 is 6.04 Å². The maximum atomic E-state index is 11.7. The van der Waals surface area contributed by atoms with Crippen molar-refractivity contribution in [3.63, 3.8) is 0 Å². The minimum Gasteiger partial charge on any atom is -0.325 e. The number of halogens is 2. The summed E-state index contributed by atoms with van der Waals surface area (Å²) < 4.78 is 0. The summed E-state index contributed by atoms with van der Waals surface area (Å²) >= 11 is 11.6. The molecule has 2 amide bonds. The van der Waals surface area contributed by atoms with Crippen LogP contribution in [0.15, 0.2) is 18.2 Å². The first-order valence-corrected chi connectivity index (χ1v) is 5.62. The Morgan fingerprint density at radius 2 is 2.12 bits per heavy atom. The van der Waals surface area contributed by atoms with Crippen LogP contribution >= 0.6 is 23.2 Å². The van der Waals surface area contributed by atoms with E-state index in [4.69, 9.17) is 23.2 Å². The molecule has 0 aliphatic carbocycles. The minimum absolute atomic E-state index is 0.118. The van der Waals surface area contributed by atoms with Crippen LogP contribution in [-0.4, -0.2) is 17.9 Å². The van der Waals surface area contributed by atoms with Gasteiger partial charge in [0.05, 0.1) is 16.5 Å². The van der Waals surface area contributed by atoms with Gasteiger partial charge in [0.25, 0.3) is 0 Å². The highest BCUT2D eigenvalue weighted by molar-refractivity contribution is 6.42. The molecule has 0 radical (unpaired) electrons. The van der Waals surface area contributed by atoms with Crippen molar-refractivity contribution in [2.45, 2.75) is 12.5 Å². The van der Waals surface area contributed by atoms with Gasteiger partial charge < -0.3 is 5.32 Å². The van der Waals surface area contributed by atoms with Crippen LogP contribution < -0.4 is 16.2 Å². The van der Waals surface area contributed by atoms with E-state index in [1.807, 2.05) is 0 Å². The molecule has 0 spiro atoms. The second-order valence-electron chi connectivity index (χ2n) is 3.57. The highest BCUT2D eigenvalue weighted by atomic mass is 35.5. The van der Waals surface area contributed by atoms with Gasteiger partial charge in [-0.3, -0.25) is 15.0 Å². The zero-order valence-electron chi connectivity index (χ0n) is 8.59. The Hall–Kier alpha value is -1.30. The van der Waals surface area contributed by atoms with Crippen molar-refractivity contribution >= 4 is 40.7 Å². The van der Waals surface area contributed by atoms with Crippen LogP contribution in [0, 0.1) is 0 Å². The van der Waals surface area contributed by atoms with Crippen LogP contribution in [0.4, 0.5) is 5.69 Å². The predicted molar refractivity (Wildman–Crippen MR) is 64.8 cm³/mol. The first-order valence-electron chi connectivity index (χ1n) is 4.86. The second-order valence-corrected chi connectivity index (χ2v) is 4.38. The number of carbonyl (C=O) groups is 2. The third kappa shape index (κ3) is 2.88. The van der Waals surface area contributed by atoms with Gasteiger partial charge in [0.15, 0.2) is 0 Å². The number of nitrogens with one attached hydrogen (secondary N) is 3. The molecule has 90 valence electrons. The van der Waals surface area contributed by atoms with E-state index in [0.29, 0.717) is 15.7 Å². The van der Waals surface area contributed by atoms with E-state index >= 15 is 0 Å². The van der Waals surface area contributed by atoms with Gasteiger partial charge in [0.2, 0.25) is 11.8 Å². The molecule has 7 heteroatoms. The summed E-state index contributed by atoms with van der Waals surface area (Å²) in [6.45, 7) is 0. The van der Waals surface area contributed by atoms with Crippen molar-refractivity contribution in [2.75, 3.05) is 5.32 Å². The topological polar surface area (TPSA) is 70.2 Å². The van der Waals surface area contributed by atoms with Gasteiger partial charge in [-0.2, -0.15) is 0 Å². The van der Waals surface area contributed by atoms with E-state index in [-0.39, 0.29) is 18.2 Å². The van der Waals surface area contributed by atoms with E-state index in [1.54, 1.807) is 18.2 Å². The van der Waals surface area contributed by atoms with E-state index in [0.717, 1.165) is 0 Å². The molecule has 1 heterocycles. The Bertz CT molecular complexity index is 479. The fourth-order valence-corrected chi connectivity index (χ4v) is 1.71. The smallest absolute Gasteiger partial charge is 0.243 e. The molecule has 0 saturated carbocycles. The molecule has 1 atom stereocenters. The molecule has 1 fully saturated rings. The molecule has 1 aliphatic rings. The van der Waals surface area contributed by atoms with Gasteiger partial charge in [0.1, 0.15) is 6.04 Å². The van der Waals surface area contributed by atoms with Crippen molar-refractivity contribution in [1.29, 1.82) is 0 Å². The lowest BCUT2D eigenvalue weighted by Gasteiger charge is -2.10. The highest BCUT2D eigenvalue weighted by Gasteiger charge is 2.27. The lowest BCUT2D eigenvalue weighted by molar-refractivity contribution is -0.121. The molecule has 1 aromatic carbocycles. The third-order valence-electron chi connectivity index (χ3n) is 2.28. The van der Waals surface area contributed by atoms with E-state index in [2.05, 4.69) is 16.2 Å². The Labute approximate surface area is 107 Å².